The third-order valence-electron chi connectivity index (χ3n) is 3.61. The van der Waals surface area contributed by atoms with Crippen molar-refractivity contribution in [3.05, 3.63) is 80.6 Å². The maximum absolute atomic E-state index is 11.9. The van der Waals surface area contributed by atoms with Gasteiger partial charge in [-0.2, -0.15) is 0 Å². The van der Waals surface area contributed by atoms with Crippen LogP contribution in [0, 0.1) is 6.92 Å². The van der Waals surface area contributed by atoms with Crippen LogP contribution >= 0.6 is 0 Å². The van der Waals surface area contributed by atoms with Crippen LogP contribution in [-0.4, -0.2) is 28.2 Å². The third-order valence-corrected chi connectivity index (χ3v) is 3.61. The van der Waals surface area contributed by atoms with Crippen molar-refractivity contribution in [2.75, 3.05) is 6.61 Å². The summed E-state index contributed by atoms with van der Waals surface area (Å²) in [5.41, 5.74) is -0.109. The maximum Gasteiger partial charge on any atom is 0.338 e. The Morgan fingerprint density at radius 2 is 2.00 bits per heavy atom. The van der Waals surface area contributed by atoms with Gasteiger partial charge in [-0.25, -0.2) is 9.59 Å². The van der Waals surface area contributed by atoms with Gasteiger partial charge < -0.3 is 9.47 Å². The van der Waals surface area contributed by atoms with Gasteiger partial charge in [0.1, 0.15) is 12.7 Å². The Hall–Kier alpha value is -2.93. The molecule has 0 saturated heterocycles. The van der Waals surface area contributed by atoms with E-state index in [1.54, 1.807) is 43.3 Å². The molecule has 0 amide bonds. The minimum Gasteiger partial charge on any atom is -0.459 e. The first kappa shape index (κ1) is 15.9. The van der Waals surface area contributed by atoms with Crippen molar-refractivity contribution in [2.45, 2.75) is 19.3 Å². The van der Waals surface area contributed by atoms with Crippen LogP contribution in [-0.2, 0) is 9.47 Å². The molecule has 0 radical (unpaired) electrons. The first-order valence-corrected chi connectivity index (χ1v) is 7.42. The molecule has 1 aromatic carbocycles. The van der Waals surface area contributed by atoms with Crippen LogP contribution in [0.1, 0.15) is 22.1 Å². The Balaban J connectivity index is 1.62. The van der Waals surface area contributed by atoms with Gasteiger partial charge in [-0.1, -0.05) is 24.3 Å². The van der Waals surface area contributed by atoms with Gasteiger partial charge >= 0.3 is 11.7 Å². The van der Waals surface area contributed by atoms with Crippen molar-refractivity contribution in [1.82, 2.24) is 9.55 Å². The molecular formula is C17H16N2O5. The molecule has 1 N–H and O–H groups in total. The summed E-state index contributed by atoms with van der Waals surface area (Å²) in [6, 6.07) is 8.65. The zero-order valence-electron chi connectivity index (χ0n) is 13.0. The van der Waals surface area contributed by atoms with Crippen LogP contribution in [0.5, 0.6) is 0 Å². The Labute approximate surface area is 137 Å². The van der Waals surface area contributed by atoms with Gasteiger partial charge in [0.15, 0.2) is 6.23 Å². The Morgan fingerprint density at radius 3 is 2.75 bits per heavy atom. The van der Waals surface area contributed by atoms with Crippen molar-refractivity contribution in [1.29, 1.82) is 0 Å². The number of aromatic amines is 1. The lowest BCUT2D eigenvalue weighted by Crippen LogP contribution is -2.33. The summed E-state index contributed by atoms with van der Waals surface area (Å²) in [4.78, 5) is 37.4. The molecule has 7 nitrogen and oxygen atoms in total. The molecule has 2 aromatic rings. The number of hydrogen-bond acceptors (Lipinski definition) is 5. The number of nitrogens with zero attached hydrogens (tertiary/aromatic N) is 1. The minimum absolute atomic E-state index is 0.0395. The van der Waals surface area contributed by atoms with E-state index in [0.717, 1.165) is 0 Å². The highest BCUT2D eigenvalue weighted by atomic mass is 16.6. The molecule has 3 rings (SSSR count). The van der Waals surface area contributed by atoms with E-state index in [1.165, 1.54) is 10.8 Å². The Morgan fingerprint density at radius 1 is 1.25 bits per heavy atom. The number of benzene rings is 1. The molecule has 1 aliphatic rings. The second-order valence-corrected chi connectivity index (χ2v) is 5.39. The number of esters is 1. The van der Waals surface area contributed by atoms with E-state index in [1.807, 2.05) is 6.07 Å². The molecule has 2 heterocycles. The second-order valence-electron chi connectivity index (χ2n) is 5.39. The third kappa shape index (κ3) is 3.36. The number of ether oxygens (including phenoxy) is 2. The zero-order chi connectivity index (χ0) is 17.1. The van der Waals surface area contributed by atoms with Crippen molar-refractivity contribution in [3.63, 3.8) is 0 Å². The molecule has 1 aromatic heterocycles. The fourth-order valence-corrected chi connectivity index (χ4v) is 2.33. The van der Waals surface area contributed by atoms with Gasteiger partial charge in [-0.3, -0.25) is 14.3 Å². The molecule has 0 saturated carbocycles. The average Bonchev–Trinajstić information content (AvgIpc) is 3.05. The first-order chi connectivity index (χ1) is 11.5. The molecule has 24 heavy (non-hydrogen) atoms. The van der Waals surface area contributed by atoms with E-state index in [4.69, 9.17) is 9.47 Å². The zero-order valence-corrected chi connectivity index (χ0v) is 13.0. The molecule has 124 valence electrons. The fourth-order valence-electron chi connectivity index (χ4n) is 2.33. The van der Waals surface area contributed by atoms with Gasteiger partial charge in [-0.15, -0.1) is 0 Å². The predicted molar refractivity (Wildman–Crippen MR) is 85.8 cm³/mol. The minimum atomic E-state index is -0.645. The highest BCUT2D eigenvalue weighted by molar-refractivity contribution is 5.89. The maximum atomic E-state index is 11.9. The second kappa shape index (κ2) is 6.67. The van der Waals surface area contributed by atoms with Crippen LogP contribution < -0.4 is 11.2 Å². The molecule has 1 aliphatic heterocycles. The summed E-state index contributed by atoms with van der Waals surface area (Å²) < 4.78 is 12.2. The standard InChI is InChI=1S/C17H16N2O5/c1-11-9-19(17(22)18-15(11)20)14-8-7-13(24-14)10-23-16(21)12-5-3-2-4-6-12/h2-9,13-14H,10H2,1H3,(H,18,20,22). The molecule has 0 bridgehead atoms. The van der Waals surface area contributed by atoms with Crippen molar-refractivity contribution in [2.24, 2.45) is 0 Å². The van der Waals surface area contributed by atoms with Crippen LogP contribution in [0.2, 0.25) is 0 Å². The number of nitrogens with one attached hydrogen (secondary N) is 1. The fraction of sp³-hybridized carbons (Fsp3) is 0.235. The number of carbonyl (C=O) groups excluding carboxylic acids is 1. The largest absolute Gasteiger partial charge is 0.459 e. The van der Waals surface area contributed by atoms with Gasteiger partial charge in [-0.05, 0) is 25.1 Å². The number of aromatic nitrogens is 2. The summed E-state index contributed by atoms with van der Waals surface area (Å²) in [6.45, 7) is 1.64. The van der Waals surface area contributed by atoms with Crippen LogP contribution in [0.4, 0.5) is 0 Å². The molecule has 7 heteroatoms. The van der Waals surface area contributed by atoms with Crippen molar-refractivity contribution in [3.8, 4) is 0 Å². The number of H-pyrrole nitrogens is 1. The number of hydrogen-bond donors (Lipinski definition) is 1. The topological polar surface area (TPSA) is 90.4 Å². The van der Waals surface area contributed by atoms with Crippen molar-refractivity contribution >= 4 is 5.97 Å². The molecule has 0 spiro atoms. The Bertz CT molecular complexity index is 882. The summed E-state index contributed by atoms with van der Waals surface area (Å²) in [5, 5.41) is 0. The van der Waals surface area contributed by atoms with Crippen LogP contribution in [0.25, 0.3) is 0 Å². The van der Waals surface area contributed by atoms with Crippen LogP contribution in [0.3, 0.4) is 0 Å². The van der Waals surface area contributed by atoms with Gasteiger partial charge in [0.05, 0.1) is 5.56 Å². The van der Waals surface area contributed by atoms with E-state index in [-0.39, 0.29) is 6.61 Å². The summed E-state index contributed by atoms with van der Waals surface area (Å²) in [5.74, 6) is -0.437. The lowest BCUT2D eigenvalue weighted by molar-refractivity contribution is -0.0223. The molecule has 0 fully saturated rings. The SMILES string of the molecule is Cc1cn(C2C=CC(COC(=O)c3ccccc3)O2)c(=O)[nH]c1=O. The smallest absolute Gasteiger partial charge is 0.338 e. The molecule has 0 aliphatic carbocycles. The van der Waals surface area contributed by atoms with Gasteiger partial charge in [0, 0.05) is 11.8 Å². The van der Waals surface area contributed by atoms with Crippen LogP contribution in [0.15, 0.2) is 58.3 Å². The van der Waals surface area contributed by atoms with E-state index in [2.05, 4.69) is 4.98 Å². The first-order valence-electron chi connectivity index (χ1n) is 7.42. The Kier molecular flexibility index (Phi) is 4.43. The lowest BCUT2D eigenvalue weighted by Gasteiger charge is -2.16. The molecule has 2 unspecified atom stereocenters. The quantitative estimate of drug-likeness (QED) is 0.672. The van der Waals surface area contributed by atoms with E-state index >= 15 is 0 Å². The summed E-state index contributed by atoms with van der Waals surface area (Å²) in [7, 11) is 0. The van der Waals surface area contributed by atoms with E-state index < -0.39 is 29.6 Å². The van der Waals surface area contributed by atoms with Gasteiger partial charge in [0.2, 0.25) is 0 Å². The number of carbonyl (C=O) groups is 1. The molecule has 2 atom stereocenters. The lowest BCUT2D eigenvalue weighted by atomic mass is 10.2. The normalized spacial score (nSPS) is 19.4. The monoisotopic (exact) mass is 328 g/mol. The summed E-state index contributed by atoms with van der Waals surface area (Å²) in [6.07, 6.45) is 3.74. The predicted octanol–water partition coefficient (Wildman–Crippen LogP) is 1.16. The van der Waals surface area contributed by atoms with Gasteiger partial charge in [0.25, 0.3) is 5.56 Å². The van der Waals surface area contributed by atoms with E-state index in [9.17, 15) is 14.4 Å². The average molecular weight is 328 g/mol. The highest BCUT2D eigenvalue weighted by Gasteiger charge is 2.23. The molecular weight excluding hydrogens is 312 g/mol. The number of rotatable bonds is 4. The van der Waals surface area contributed by atoms with Crippen molar-refractivity contribution < 1.29 is 14.3 Å². The number of aryl methyl sites for hydroxylation is 1. The summed E-state index contributed by atoms with van der Waals surface area (Å²) >= 11 is 0. The van der Waals surface area contributed by atoms with E-state index in [0.29, 0.717) is 11.1 Å². The highest BCUT2D eigenvalue weighted by Crippen LogP contribution is 2.20.